The van der Waals surface area contributed by atoms with Crippen molar-refractivity contribution in [2.24, 2.45) is 0 Å². The maximum Gasteiger partial charge on any atom is 0.251 e. The number of morpholine rings is 1. The van der Waals surface area contributed by atoms with Gasteiger partial charge in [-0.3, -0.25) is 4.79 Å². The molecule has 0 aliphatic carbocycles. The average molecular weight is 349 g/mol. The molecule has 1 fully saturated rings. The number of nitrogens with one attached hydrogen (secondary N) is 2. The molecule has 1 aromatic carbocycles. The second kappa shape index (κ2) is 7.88. The molecule has 0 bridgehead atoms. The summed E-state index contributed by atoms with van der Waals surface area (Å²) in [6.45, 7) is 5.39. The van der Waals surface area contributed by atoms with Crippen molar-refractivity contribution in [3.8, 4) is 0 Å². The number of benzene rings is 1. The van der Waals surface area contributed by atoms with Gasteiger partial charge in [0.2, 0.25) is 0 Å². The summed E-state index contributed by atoms with van der Waals surface area (Å²) in [7, 11) is 0. The van der Waals surface area contributed by atoms with Crippen molar-refractivity contribution < 1.29 is 18.8 Å². The molecule has 6 heteroatoms. The number of carbonyl (C=O) groups excluding carboxylic acids is 1. The van der Waals surface area contributed by atoms with Crippen LogP contribution in [-0.4, -0.2) is 38.3 Å². The second-order valence-electron chi connectivity index (χ2n) is 6.03. The summed E-state index contributed by atoms with van der Waals surface area (Å²) in [5, 5.41) is 5.15. The monoisotopic (exact) mass is 349 g/mol. The fraction of sp³-hybridized carbons (Fsp3) is 0.389. The molecule has 3 rings (SSSR count). The van der Waals surface area contributed by atoms with Crippen LogP contribution in [0.5, 0.6) is 0 Å². The summed E-state index contributed by atoms with van der Waals surface area (Å²) < 4.78 is 18.5. The van der Waals surface area contributed by atoms with E-state index in [1.54, 1.807) is 11.3 Å². The lowest BCUT2D eigenvalue weighted by Crippen LogP contribution is -3.15. The van der Waals surface area contributed by atoms with Gasteiger partial charge in [0, 0.05) is 5.56 Å². The molecule has 1 amide bonds. The van der Waals surface area contributed by atoms with Gasteiger partial charge in [0.15, 0.2) is 0 Å². The number of amides is 1. The Balaban J connectivity index is 1.74. The van der Waals surface area contributed by atoms with E-state index >= 15 is 0 Å². The van der Waals surface area contributed by atoms with E-state index in [4.69, 9.17) is 4.74 Å². The lowest BCUT2D eigenvalue weighted by atomic mass is 10.0. The fourth-order valence-corrected chi connectivity index (χ4v) is 4.18. The van der Waals surface area contributed by atoms with Crippen LogP contribution >= 0.6 is 11.3 Å². The van der Waals surface area contributed by atoms with Crippen LogP contribution in [0.2, 0.25) is 0 Å². The van der Waals surface area contributed by atoms with Crippen LogP contribution in [0.3, 0.4) is 0 Å². The standard InChI is InChI=1S/C18H21FN2O2S/c1-13(20-18(22)14-4-6-15(19)7-5-14)17(16-3-2-12-24-16)21-8-10-23-11-9-21/h2-7,12-13,17H,8-11H2,1H3,(H,20,22)/p+1. The fourth-order valence-electron chi connectivity index (χ4n) is 3.19. The number of hydrogen-bond donors (Lipinski definition) is 2. The van der Waals surface area contributed by atoms with E-state index < -0.39 is 0 Å². The Morgan fingerprint density at radius 1 is 1.25 bits per heavy atom. The topological polar surface area (TPSA) is 42.8 Å². The summed E-state index contributed by atoms with van der Waals surface area (Å²) in [5.74, 6) is -0.509. The molecule has 128 valence electrons. The molecule has 0 spiro atoms. The van der Waals surface area contributed by atoms with Gasteiger partial charge >= 0.3 is 0 Å². The van der Waals surface area contributed by atoms with Gasteiger partial charge in [-0.25, -0.2) is 4.39 Å². The number of rotatable bonds is 5. The summed E-state index contributed by atoms with van der Waals surface area (Å²) in [6, 6.07) is 9.97. The highest BCUT2D eigenvalue weighted by molar-refractivity contribution is 7.10. The number of halogens is 1. The van der Waals surface area contributed by atoms with Crippen molar-refractivity contribution >= 4 is 17.2 Å². The molecule has 0 radical (unpaired) electrons. The van der Waals surface area contributed by atoms with Gasteiger partial charge in [-0.1, -0.05) is 6.07 Å². The van der Waals surface area contributed by atoms with Gasteiger partial charge in [0.05, 0.1) is 24.1 Å². The molecule has 0 saturated carbocycles. The molecule has 2 aromatic rings. The van der Waals surface area contributed by atoms with Crippen molar-refractivity contribution in [3.05, 3.63) is 58.0 Å². The first-order chi connectivity index (χ1) is 11.6. The van der Waals surface area contributed by atoms with Gasteiger partial charge < -0.3 is 15.0 Å². The van der Waals surface area contributed by atoms with Crippen LogP contribution in [0.1, 0.15) is 28.2 Å². The summed E-state index contributed by atoms with van der Waals surface area (Å²) in [4.78, 5) is 15.1. The highest BCUT2D eigenvalue weighted by Crippen LogP contribution is 2.20. The van der Waals surface area contributed by atoms with Crippen molar-refractivity contribution in [1.82, 2.24) is 5.32 Å². The Labute approximate surface area is 145 Å². The molecule has 2 atom stereocenters. The molecule has 4 nitrogen and oxygen atoms in total. The number of carbonyl (C=O) groups is 1. The normalized spacial score (nSPS) is 18.1. The van der Waals surface area contributed by atoms with E-state index in [-0.39, 0.29) is 23.8 Å². The average Bonchev–Trinajstić information content (AvgIpc) is 3.10. The molecule has 2 N–H and O–H groups in total. The summed E-state index contributed by atoms with van der Waals surface area (Å²) >= 11 is 1.72. The van der Waals surface area contributed by atoms with Crippen molar-refractivity contribution in [2.75, 3.05) is 26.3 Å². The minimum atomic E-state index is -0.339. The zero-order chi connectivity index (χ0) is 16.9. The van der Waals surface area contributed by atoms with Crippen LogP contribution < -0.4 is 10.2 Å². The predicted octanol–water partition coefficient (Wildman–Crippen LogP) is 1.66. The predicted molar refractivity (Wildman–Crippen MR) is 91.9 cm³/mol. The van der Waals surface area contributed by atoms with E-state index in [9.17, 15) is 9.18 Å². The second-order valence-corrected chi connectivity index (χ2v) is 7.01. The van der Waals surface area contributed by atoms with Gasteiger partial charge in [0.1, 0.15) is 24.9 Å². The molecule has 24 heavy (non-hydrogen) atoms. The molecule has 2 unspecified atom stereocenters. The highest BCUT2D eigenvalue weighted by atomic mass is 32.1. The van der Waals surface area contributed by atoms with Crippen LogP contribution in [0.4, 0.5) is 4.39 Å². The third-order valence-corrected chi connectivity index (χ3v) is 5.35. The van der Waals surface area contributed by atoms with Crippen LogP contribution in [0, 0.1) is 5.82 Å². The maximum absolute atomic E-state index is 13.0. The molecule has 1 aliphatic heterocycles. The first kappa shape index (κ1) is 17.1. The third-order valence-electron chi connectivity index (χ3n) is 4.39. The van der Waals surface area contributed by atoms with Crippen LogP contribution in [0.25, 0.3) is 0 Å². The van der Waals surface area contributed by atoms with Gasteiger partial charge in [0.25, 0.3) is 5.91 Å². The van der Waals surface area contributed by atoms with Crippen molar-refractivity contribution in [3.63, 3.8) is 0 Å². The zero-order valence-corrected chi connectivity index (χ0v) is 14.4. The van der Waals surface area contributed by atoms with Crippen LogP contribution in [-0.2, 0) is 4.74 Å². The SMILES string of the molecule is CC(NC(=O)c1ccc(F)cc1)C(c1cccs1)[NH+]1CCOCC1. The minimum absolute atomic E-state index is 0.0331. The van der Waals surface area contributed by atoms with Crippen molar-refractivity contribution in [2.45, 2.75) is 19.0 Å². The number of quaternary nitrogens is 1. The quantitative estimate of drug-likeness (QED) is 0.862. The van der Waals surface area contributed by atoms with E-state index in [0.29, 0.717) is 5.56 Å². The molecular formula is C18H22FN2O2S+. The largest absolute Gasteiger partial charge is 0.370 e. The molecule has 1 aromatic heterocycles. The lowest BCUT2D eigenvalue weighted by Gasteiger charge is -2.34. The van der Waals surface area contributed by atoms with E-state index in [2.05, 4.69) is 16.8 Å². The molecular weight excluding hydrogens is 327 g/mol. The Morgan fingerprint density at radius 2 is 1.96 bits per heavy atom. The third kappa shape index (κ3) is 4.01. The van der Waals surface area contributed by atoms with Gasteiger partial charge in [-0.05, 0) is 42.6 Å². The summed E-state index contributed by atoms with van der Waals surface area (Å²) in [6.07, 6.45) is 0. The highest BCUT2D eigenvalue weighted by Gasteiger charge is 2.33. The lowest BCUT2D eigenvalue weighted by molar-refractivity contribution is -0.939. The Morgan fingerprint density at radius 3 is 2.58 bits per heavy atom. The Bertz CT molecular complexity index is 654. The van der Waals surface area contributed by atoms with E-state index in [0.717, 1.165) is 26.3 Å². The maximum atomic E-state index is 13.0. The van der Waals surface area contributed by atoms with Crippen LogP contribution in [0.15, 0.2) is 41.8 Å². The Hall–Kier alpha value is -1.76. The first-order valence-electron chi connectivity index (χ1n) is 8.17. The molecule has 1 aliphatic rings. The van der Waals surface area contributed by atoms with Crippen molar-refractivity contribution in [1.29, 1.82) is 0 Å². The van der Waals surface area contributed by atoms with E-state index in [1.165, 1.54) is 34.0 Å². The Kier molecular flexibility index (Phi) is 5.60. The van der Waals surface area contributed by atoms with Gasteiger partial charge in [-0.15, -0.1) is 11.3 Å². The number of thiophene rings is 1. The zero-order valence-electron chi connectivity index (χ0n) is 13.6. The first-order valence-corrected chi connectivity index (χ1v) is 9.05. The van der Waals surface area contributed by atoms with Gasteiger partial charge in [-0.2, -0.15) is 0 Å². The van der Waals surface area contributed by atoms with E-state index in [1.807, 2.05) is 13.0 Å². The molecule has 1 saturated heterocycles. The smallest absolute Gasteiger partial charge is 0.251 e. The molecule has 2 heterocycles. The number of ether oxygens (including phenoxy) is 1. The number of hydrogen-bond acceptors (Lipinski definition) is 3. The minimum Gasteiger partial charge on any atom is -0.370 e. The summed E-state index contributed by atoms with van der Waals surface area (Å²) in [5.41, 5.74) is 0.477.